The van der Waals surface area contributed by atoms with Crippen LogP contribution in [-0.2, 0) is 7.05 Å². The molecule has 3 nitrogen and oxygen atoms in total. The maximum absolute atomic E-state index is 8.80. The minimum absolute atomic E-state index is 0.0203. The van der Waals surface area contributed by atoms with Gasteiger partial charge in [0.2, 0.25) is 5.69 Å². The first kappa shape index (κ1) is 16.9. The van der Waals surface area contributed by atoms with Crippen molar-refractivity contribution in [2.24, 2.45) is 7.05 Å². The number of hydrogen-bond acceptors (Lipinski definition) is 0. The van der Waals surface area contributed by atoms with E-state index in [1.54, 1.807) is 6.07 Å². The summed E-state index contributed by atoms with van der Waals surface area (Å²) < 4.78 is 46.7. The smallest absolute Gasteiger partial charge is 0.214 e. The lowest BCUT2D eigenvalue weighted by Crippen LogP contribution is -2.30. The maximum atomic E-state index is 8.80. The number of benzene rings is 4. The fourth-order valence-corrected chi connectivity index (χ4v) is 5.08. The Labute approximate surface area is 218 Å². The summed E-state index contributed by atoms with van der Waals surface area (Å²) in [4.78, 5) is 3.79. The van der Waals surface area contributed by atoms with Crippen molar-refractivity contribution < 1.29 is 11.4 Å². The first-order valence-corrected chi connectivity index (χ1v) is 11.7. The third-order valence-electron chi connectivity index (χ3n) is 6.73. The highest BCUT2D eigenvalue weighted by atomic mass is 15.0. The number of pyridine rings is 1. The molecule has 3 heteroatoms. The SMILES string of the molecule is [2H]c1c([2H])c([2H])c(-c2c([N+]#[C-])ccc3c4ccc(C)c(-c5cc(C)cc[n+]5C)c4n(-c4ccccc4)c23)c([2H])c1[2H]. The molecule has 6 aromatic rings. The van der Waals surface area contributed by atoms with Crippen molar-refractivity contribution >= 4 is 27.5 Å². The number of aromatic nitrogens is 2. The van der Waals surface area contributed by atoms with Crippen LogP contribution in [0.1, 0.15) is 18.0 Å². The zero-order chi connectivity index (χ0) is 29.2. The second kappa shape index (κ2) is 8.52. The Kier molecular flexibility index (Phi) is 3.99. The Balaban J connectivity index is 1.94. The standard InChI is InChI=1S/C33H26N3/c1-22-19-20-35(4)29(21-22)30-23(2)15-16-26-27-17-18-28(34-3)31(24-11-7-5-8-12-24)33(27)36(32(26)30)25-13-9-6-10-14-25/h5-21H,1-2,4H3/q+1/i5D,7D,8D,11D,12D. The summed E-state index contributed by atoms with van der Waals surface area (Å²) in [5, 5.41) is 1.77. The van der Waals surface area contributed by atoms with Crippen LogP contribution in [0.25, 0.3) is 54.7 Å². The molecule has 0 fully saturated rings. The van der Waals surface area contributed by atoms with Crippen LogP contribution in [-0.4, -0.2) is 4.57 Å². The average molecular weight is 470 g/mol. The van der Waals surface area contributed by atoms with E-state index in [0.29, 0.717) is 11.1 Å². The van der Waals surface area contributed by atoms with Crippen LogP contribution in [0.3, 0.4) is 0 Å². The van der Waals surface area contributed by atoms with Gasteiger partial charge in [0.25, 0.3) is 0 Å². The minimum Gasteiger partial charge on any atom is -0.309 e. The van der Waals surface area contributed by atoms with E-state index in [4.69, 9.17) is 13.4 Å². The van der Waals surface area contributed by atoms with Gasteiger partial charge in [0, 0.05) is 34.2 Å². The van der Waals surface area contributed by atoms with Gasteiger partial charge in [0.15, 0.2) is 11.9 Å². The van der Waals surface area contributed by atoms with E-state index in [0.717, 1.165) is 44.4 Å². The summed E-state index contributed by atoms with van der Waals surface area (Å²) in [6.07, 6.45) is 2.04. The Hall–Kier alpha value is -4.68. The molecule has 0 spiro atoms. The molecule has 0 aliphatic heterocycles. The van der Waals surface area contributed by atoms with Crippen molar-refractivity contribution in [1.29, 1.82) is 0 Å². The van der Waals surface area contributed by atoms with Gasteiger partial charge in [-0.25, -0.2) is 9.41 Å². The van der Waals surface area contributed by atoms with Gasteiger partial charge in [0.1, 0.15) is 7.05 Å². The van der Waals surface area contributed by atoms with E-state index in [-0.39, 0.29) is 23.3 Å². The molecule has 0 aliphatic carbocycles. The molecular formula is C33H26N3+. The molecule has 4 aromatic carbocycles. The molecule has 0 amide bonds. The third kappa shape index (κ3) is 3.31. The number of fused-ring (bicyclic) bond motifs is 3. The molecule has 0 radical (unpaired) electrons. The summed E-state index contributed by atoms with van der Waals surface area (Å²) in [7, 11) is 2.01. The molecule has 6 rings (SSSR count). The molecule has 0 atom stereocenters. The van der Waals surface area contributed by atoms with Gasteiger partial charge in [-0.2, -0.15) is 0 Å². The average Bonchev–Trinajstić information content (AvgIpc) is 3.31. The molecule has 2 aromatic heterocycles. The van der Waals surface area contributed by atoms with Gasteiger partial charge in [-0.3, -0.25) is 0 Å². The van der Waals surface area contributed by atoms with Crippen LogP contribution in [0, 0.1) is 20.4 Å². The van der Waals surface area contributed by atoms with E-state index in [9.17, 15) is 0 Å². The van der Waals surface area contributed by atoms with Gasteiger partial charge >= 0.3 is 0 Å². The zero-order valence-corrected chi connectivity index (χ0v) is 20.3. The second-order valence-corrected chi connectivity index (χ2v) is 8.99. The van der Waals surface area contributed by atoms with Gasteiger partial charge in [-0.15, -0.1) is 0 Å². The normalized spacial score (nSPS) is 13.1. The largest absolute Gasteiger partial charge is 0.309 e. The molecular weight excluding hydrogens is 438 g/mol. The molecule has 36 heavy (non-hydrogen) atoms. The van der Waals surface area contributed by atoms with Gasteiger partial charge in [-0.05, 0) is 42.7 Å². The van der Waals surface area contributed by atoms with E-state index < -0.39 is 18.1 Å². The lowest BCUT2D eigenvalue weighted by Gasteiger charge is -2.15. The number of para-hydroxylation sites is 1. The molecule has 2 heterocycles. The van der Waals surface area contributed by atoms with Crippen LogP contribution >= 0.6 is 0 Å². The highest BCUT2D eigenvalue weighted by Gasteiger charge is 2.25. The predicted octanol–water partition coefficient (Wildman–Crippen LogP) is 8.11. The van der Waals surface area contributed by atoms with Crippen LogP contribution in [0.4, 0.5) is 5.69 Å². The molecule has 0 N–H and O–H groups in total. The molecule has 0 saturated carbocycles. The minimum atomic E-state index is -0.464. The fourth-order valence-electron chi connectivity index (χ4n) is 5.08. The summed E-state index contributed by atoms with van der Waals surface area (Å²) in [6, 6.07) is 19.7. The lowest BCUT2D eigenvalue weighted by molar-refractivity contribution is -0.660. The zero-order valence-electron chi connectivity index (χ0n) is 25.3. The van der Waals surface area contributed by atoms with Crippen molar-refractivity contribution in [1.82, 2.24) is 4.57 Å². The number of rotatable bonds is 3. The quantitative estimate of drug-likeness (QED) is 0.183. The number of nitrogens with zero attached hydrogens (tertiary/aromatic N) is 3. The highest BCUT2D eigenvalue weighted by molar-refractivity contribution is 6.19. The van der Waals surface area contributed by atoms with Crippen LogP contribution in [0.15, 0.2) is 103 Å². The van der Waals surface area contributed by atoms with E-state index in [1.165, 1.54) is 0 Å². The Morgan fingerprint density at radius 3 is 2.25 bits per heavy atom. The summed E-state index contributed by atoms with van der Waals surface area (Å²) in [5.41, 5.74) is 7.16. The van der Waals surface area contributed by atoms with E-state index >= 15 is 0 Å². The van der Waals surface area contributed by atoms with Crippen LogP contribution in [0.2, 0.25) is 0 Å². The Morgan fingerprint density at radius 1 is 0.833 bits per heavy atom. The molecule has 0 aliphatic rings. The van der Waals surface area contributed by atoms with Gasteiger partial charge in [0.05, 0.1) is 30.0 Å². The molecule has 0 bridgehead atoms. The van der Waals surface area contributed by atoms with Crippen LogP contribution < -0.4 is 4.57 Å². The Morgan fingerprint density at radius 2 is 1.53 bits per heavy atom. The van der Waals surface area contributed by atoms with Crippen molar-refractivity contribution in [3.63, 3.8) is 0 Å². The summed E-state index contributed by atoms with van der Waals surface area (Å²) in [5.74, 6) is 0. The van der Waals surface area contributed by atoms with Crippen molar-refractivity contribution in [3.05, 3.63) is 126 Å². The molecule has 172 valence electrons. The van der Waals surface area contributed by atoms with Crippen molar-refractivity contribution in [3.8, 4) is 28.1 Å². The van der Waals surface area contributed by atoms with Gasteiger partial charge in [-0.1, -0.05) is 72.7 Å². The van der Waals surface area contributed by atoms with Crippen LogP contribution in [0.5, 0.6) is 0 Å². The fraction of sp³-hybridized carbons (Fsp3) is 0.0909. The first-order chi connectivity index (χ1) is 19.6. The third-order valence-corrected chi connectivity index (χ3v) is 6.73. The van der Waals surface area contributed by atoms with E-state index in [2.05, 4.69) is 52.1 Å². The molecule has 0 saturated heterocycles. The van der Waals surface area contributed by atoms with Crippen molar-refractivity contribution in [2.75, 3.05) is 0 Å². The Bertz CT molecular complexity index is 2060. The van der Waals surface area contributed by atoms with Gasteiger partial charge < -0.3 is 4.57 Å². The lowest BCUT2D eigenvalue weighted by atomic mass is 9.98. The predicted molar refractivity (Wildman–Crippen MR) is 149 cm³/mol. The molecule has 0 unspecified atom stereocenters. The van der Waals surface area contributed by atoms with E-state index in [1.807, 2.05) is 49.6 Å². The van der Waals surface area contributed by atoms with Crippen molar-refractivity contribution in [2.45, 2.75) is 13.8 Å². The highest BCUT2D eigenvalue weighted by Crippen LogP contribution is 2.45. The summed E-state index contributed by atoms with van der Waals surface area (Å²) in [6.45, 7) is 12.2. The second-order valence-electron chi connectivity index (χ2n) is 8.99. The summed E-state index contributed by atoms with van der Waals surface area (Å²) >= 11 is 0. The monoisotopic (exact) mass is 469 g/mol. The number of hydrogen-bond donors (Lipinski definition) is 0. The number of aryl methyl sites for hydroxylation is 3. The maximum Gasteiger partial charge on any atom is 0.214 e. The topological polar surface area (TPSA) is 13.2 Å². The first-order valence-electron chi connectivity index (χ1n) is 14.2.